The highest BCUT2D eigenvalue weighted by molar-refractivity contribution is 7.10. The summed E-state index contributed by atoms with van der Waals surface area (Å²) in [5.74, 6) is 1.51. The van der Waals surface area contributed by atoms with Gasteiger partial charge in [0, 0.05) is 30.9 Å². The first-order chi connectivity index (χ1) is 10.3. The topological polar surface area (TPSA) is 41.6 Å². The molecule has 0 spiro atoms. The Morgan fingerprint density at radius 1 is 1.38 bits per heavy atom. The number of nitrogens with zero attached hydrogens (tertiary/aromatic N) is 1. The third kappa shape index (κ3) is 2.57. The Morgan fingerprint density at radius 2 is 2.19 bits per heavy atom. The lowest BCUT2D eigenvalue weighted by molar-refractivity contribution is 0.0445. The molecule has 1 aromatic rings. The maximum Gasteiger partial charge on any atom is 0.317 e. The maximum atomic E-state index is 12.3. The van der Waals surface area contributed by atoms with Gasteiger partial charge in [0.05, 0.1) is 6.61 Å². The summed E-state index contributed by atoms with van der Waals surface area (Å²) in [7, 11) is 0. The van der Waals surface area contributed by atoms with Gasteiger partial charge in [-0.25, -0.2) is 4.79 Å². The van der Waals surface area contributed by atoms with Crippen molar-refractivity contribution in [1.82, 2.24) is 10.2 Å². The molecule has 0 radical (unpaired) electrons. The molecule has 0 aromatic carbocycles. The first-order valence-electron chi connectivity index (χ1n) is 8.02. The summed E-state index contributed by atoms with van der Waals surface area (Å²) in [5.41, 5.74) is 1.27. The normalized spacial score (nSPS) is 31.0. The lowest BCUT2D eigenvalue weighted by Gasteiger charge is -2.25. The van der Waals surface area contributed by atoms with Gasteiger partial charge in [0.2, 0.25) is 0 Å². The second-order valence-electron chi connectivity index (χ2n) is 6.45. The standard InChI is InChI=1S/C16H22N2O2S/c19-16(18-9-11-2-1-3-12(11)10-18)17-8-14-13-5-7-21-15(13)4-6-20-14/h5,7,11-12,14H,1-4,6,8-10H2,(H,17,19)/t11-,12+,14-/m0/s1. The Balaban J connectivity index is 1.33. The number of nitrogens with one attached hydrogen (secondary N) is 1. The summed E-state index contributed by atoms with van der Waals surface area (Å²) < 4.78 is 5.82. The van der Waals surface area contributed by atoms with E-state index in [9.17, 15) is 4.79 Å². The van der Waals surface area contributed by atoms with E-state index >= 15 is 0 Å². The highest BCUT2D eigenvalue weighted by atomic mass is 32.1. The minimum atomic E-state index is 0.0334. The van der Waals surface area contributed by atoms with Crippen molar-refractivity contribution in [3.63, 3.8) is 0 Å². The van der Waals surface area contributed by atoms with Crippen LogP contribution in [-0.2, 0) is 11.2 Å². The number of hydrogen-bond donors (Lipinski definition) is 1. The van der Waals surface area contributed by atoms with E-state index in [0.29, 0.717) is 6.54 Å². The zero-order valence-corrected chi connectivity index (χ0v) is 13.0. The van der Waals surface area contributed by atoms with E-state index in [4.69, 9.17) is 4.74 Å². The lowest BCUT2D eigenvalue weighted by Crippen LogP contribution is -2.41. The largest absolute Gasteiger partial charge is 0.371 e. The number of thiophene rings is 1. The smallest absolute Gasteiger partial charge is 0.317 e. The number of likely N-dealkylation sites (tertiary alicyclic amines) is 1. The van der Waals surface area contributed by atoms with Crippen LogP contribution >= 0.6 is 11.3 Å². The average molecular weight is 306 g/mol. The van der Waals surface area contributed by atoms with Gasteiger partial charge in [-0.1, -0.05) is 6.42 Å². The van der Waals surface area contributed by atoms with Crippen LogP contribution in [-0.4, -0.2) is 37.2 Å². The van der Waals surface area contributed by atoms with E-state index in [1.54, 1.807) is 11.3 Å². The van der Waals surface area contributed by atoms with E-state index in [2.05, 4.69) is 16.8 Å². The van der Waals surface area contributed by atoms with Gasteiger partial charge in [0.25, 0.3) is 0 Å². The Bertz CT molecular complexity index is 518. The number of rotatable bonds is 2. The van der Waals surface area contributed by atoms with Crippen molar-refractivity contribution in [2.24, 2.45) is 11.8 Å². The summed E-state index contributed by atoms with van der Waals surface area (Å²) in [6, 6.07) is 2.23. The SMILES string of the molecule is O=C(NC[C@@H]1OCCc2sccc21)N1C[C@H]2CCC[C@H]2C1. The van der Waals surface area contributed by atoms with Gasteiger partial charge >= 0.3 is 6.03 Å². The molecule has 1 N–H and O–H groups in total. The molecule has 2 fully saturated rings. The third-order valence-electron chi connectivity index (χ3n) is 5.23. The van der Waals surface area contributed by atoms with Gasteiger partial charge < -0.3 is 15.0 Å². The molecule has 114 valence electrons. The molecule has 0 unspecified atom stereocenters. The molecule has 1 saturated carbocycles. The molecule has 4 rings (SSSR count). The minimum absolute atomic E-state index is 0.0334. The van der Waals surface area contributed by atoms with Gasteiger partial charge in [-0.2, -0.15) is 0 Å². The molecule has 21 heavy (non-hydrogen) atoms. The summed E-state index contributed by atoms with van der Waals surface area (Å²) >= 11 is 1.80. The van der Waals surface area contributed by atoms with Crippen molar-refractivity contribution in [1.29, 1.82) is 0 Å². The van der Waals surface area contributed by atoms with E-state index in [1.807, 2.05) is 4.90 Å². The molecular formula is C16H22N2O2S. The van der Waals surface area contributed by atoms with Crippen molar-refractivity contribution >= 4 is 17.4 Å². The van der Waals surface area contributed by atoms with Gasteiger partial charge in [-0.15, -0.1) is 11.3 Å². The van der Waals surface area contributed by atoms with Crippen LogP contribution < -0.4 is 5.32 Å². The van der Waals surface area contributed by atoms with Crippen LogP contribution in [0.2, 0.25) is 0 Å². The van der Waals surface area contributed by atoms with Gasteiger partial charge in [-0.3, -0.25) is 0 Å². The van der Waals surface area contributed by atoms with Crippen molar-refractivity contribution in [3.8, 4) is 0 Å². The van der Waals surface area contributed by atoms with Crippen LogP contribution in [0.1, 0.15) is 35.8 Å². The highest BCUT2D eigenvalue weighted by Crippen LogP contribution is 2.37. The number of fused-ring (bicyclic) bond motifs is 2. The number of carbonyl (C=O) groups is 1. The van der Waals surface area contributed by atoms with Gasteiger partial charge in [0.1, 0.15) is 6.10 Å². The fourth-order valence-corrected chi connectivity index (χ4v) is 5.00. The molecule has 3 heterocycles. The van der Waals surface area contributed by atoms with Crippen molar-refractivity contribution in [2.75, 3.05) is 26.2 Å². The number of ether oxygens (including phenoxy) is 1. The average Bonchev–Trinajstić information content (AvgIpc) is 3.18. The monoisotopic (exact) mass is 306 g/mol. The molecular weight excluding hydrogens is 284 g/mol. The van der Waals surface area contributed by atoms with Crippen LogP contribution in [0.25, 0.3) is 0 Å². The zero-order valence-electron chi connectivity index (χ0n) is 12.2. The summed E-state index contributed by atoms with van der Waals surface area (Å²) in [6.07, 6.45) is 5.00. The fraction of sp³-hybridized carbons (Fsp3) is 0.688. The van der Waals surface area contributed by atoms with E-state index in [1.165, 1.54) is 29.7 Å². The first kappa shape index (κ1) is 13.6. The molecule has 1 aromatic heterocycles. The number of amides is 2. The Labute approximate surface area is 129 Å². The molecule has 4 nitrogen and oxygen atoms in total. The Kier molecular flexibility index (Phi) is 3.63. The van der Waals surface area contributed by atoms with Crippen LogP contribution in [0.4, 0.5) is 4.79 Å². The van der Waals surface area contributed by atoms with Crippen LogP contribution in [0.15, 0.2) is 11.4 Å². The van der Waals surface area contributed by atoms with E-state index < -0.39 is 0 Å². The van der Waals surface area contributed by atoms with Crippen molar-refractivity contribution in [3.05, 3.63) is 21.9 Å². The quantitative estimate of drug-likeness (QED) is 0.913. The van der Waals surface area contributed by atoms with Crippen LogP contribution in [0.5, 0.6) is 0 Å². The summed E-state index contributed by atoms with van der Waals surface area (Å²) in [5, 5.41) is 5.20. The number of hydrogen-bond acceptors (Lipinski definition) is 3. The molecule has 1 saturated heterocycles. The van der Waals surface area contributed by atoms with E-state index in [-0.39, 0.29) is 12.1 Å². The molecule has 2 amide bonds. The minimum Gasteiger partial charge on any atom is -0.371 e. The van der Waals surface area contributed by atoms with Crippen molar-refractivity contribution < 1.29 is 9.53 Å². The maximum absolute atomic E-state index is 12.3. The number of urea groups is 1. The second kappa shape index (κ2) is 5.61. The zero-order chi connectivity index (χ0) is 14.2. The highest BCUT2D eigenvalue weighted by Gasteiger charge is 2.38. The van der Waals surface area contributed by atoms with E-state index in [0.717, 1.165) is 38.0 Å². The van der Waals surface area contributed by atoms with Crippen LogP contribution in [0.3, 0.4) is 0 Å². The predicted molar refractivity (Wildman–Crippen MR) is 82.5 cm³/mol. The van der Waals surface area contributed by atoms with Gasteiger partial charge in [0.15, 0.2) is 0 Å². The third-order valence-corrected chi connectivity index (χ3v) is 6.22. The lowest BCUT2D eigenvalue weighted by atomic mass is 10.0. The van der Waals surface area contributed by atoms with Crippen LogP contribution in [0, 0.1) is 11.8 Å². The first-order valence-corrected chi connectivity index (χ1v) is 8.90. The summed E-state index contributed by atoms with van der Waals surface area (Å²) in [4.78, 5) is 15.8. The molecule has 3 aliphatic rings. The van der Waals surface area contributed by atoms with Crippen molar-refractivity contribution in [2.45, 2.75) is 31.8 Å². The molecule has 5 heteroatoms. The fourth-order valence-electron chi connectivity index (χ4n) is 4.09. The molecule has 0 bridgehead atoms. The summed E-state index contributed by atoms with van der Waals surface area (Å²) in [6.45, 7) is 3.26. The number of carbonyl (C=O) groups excluding carboxylic acids is 1. The molecule has 3 atom stereocenters. The van der Waals surface area contributed by atoms with Gasteiger partial charge in [-0.05, 0) is 41.7 Å². The molecule has 1 aliphatic carbocycles. The predicted octanol–water partition coefficient (Wildman–Crippen LogP) is 2.80. The second-order valence-corrected chi connectivity index (χ2v) is 7.45. The Morgan fingerprint density at radius 3 is 3.00 bits per heavy atom. The Hall–Kier alpha value is -1.07. The molecule has 2 aliphatic heterocycles.